The molecule has 0 saturated carbocycles. The maximum Gasteiger partial charge on any atom is 0.310 e. The molecule has 0 saturated heterocycles. The number of fused-ring (bicyclic) bond motifs is 3. The van der Waals surface area contributed by atoms with Crippen molar-refractivity contribution in [2.75, 3.05) is 6.26 Å². The van der Waals surface area contributed by atoms with Gasteiger partial charge < -0.3 is 4.74 Å². The Hall–Kier alpha value is -4.43. The van der Waals surface area contributed by atoms with E-state index in [1.165, 1.54) is 16.3 Å². The normalized spacial score (nSPS) is 11.3. The summed E-state index contributed by atoms with van der Waals surface area (Å²) in [5.74, 6) is 0.591. The third-order valence-electron chi connectivity index (χ3n) is 6.19. The van der Waals surface area contributed by atoms with E-state index < -0.39 is 0 Å². The lowest BCUT2D eigenvalue weighted by Crippen LogP contribution is -2.22. The van der Waals surface area contributed by atoms with Gasteiger partial charge in [0.1, 0.15) is 10.8 Å². The van der Waals surface area contributed by atoms with E-state index in [9.17, 15) is 4.79 Å². The van der Waals surface area contributed by atoms with Crippen molar-refractivity contribution >= 4 is 33.7 Å². The summed E-state index contributed by atoms with van der Waals surface area (Å²) >= 11 is 1.49. The zero-order valence-corrected chi connectivity index (χ0v) is 21.4. The molecule has 0 atom stereocenters. The van der Waals surface area contributed by atoms with E-state index in [1.54, 1.807) is 4.68 Å². The second kappa shape index (κ2) is 9.22. The molecule has 0 unspecified atom stereocenters. The number of rotatable bonds is 5. The van der Waals surface area contributed by atoms with Gasteiger partial charge in [-0.15, -0.1) is 11.8 Å². The molecule has 0 N–H and O–H groups in total. The molecule has 182 valence electrons. The summed E-state index contributed by atoms with van der Waals surface area (Å²) in [6.45, 7) is 3.85. The standard InChI is InChI=1S/C29H23N5O2S/c1-18-14-16-22(17-15-18)36-29-31-25-23(28(35)33(29)20-10-6-4-7-11-20)19(2)30-26-24(25)27(37-3)32-34(26)21-12-8-5-9-13-21/h4-17H,1-3H3. The molecule has 0 radical (unpaired) electrons. The number of hydrogen-bond donors (Lipinski definition) is 0. The van der Waals surface area contributed by atoms with E-state index in [0.717, 1.165) is 21.7 Å². The van der Waals surface area contributed by atoms with Crippen molar-refractivity contribution in [1.82, 2.24) is 24.3 Å². The van der Waals surface area contributed by atoms with Crippen LogP contribution in [0.15, 0.2) is 94.7 Å². The second-order valence-electron chi connectivity index (χ2n) is 8.66. The quantitative estimate of drug-likeness (QED) is 0.258. The van der Waals surface area contributed by atoms with E-state index in [-0.39, 0.29) is 11.6 Å². The highest BCUT2D eigenvalue weighted by atomic mass is 32.2. The monoisotopic (exact) mass is 505 g/mol. The second-order valence-corrected chi connectivity index (χ2v) is 9.46. The lowest BCUT2D eigenvalue weighted by Gasteiger charge is -2.15. The van der Waals surface area contributed by atoms with Crippen molar-refractivity contribution < 1.29 is 4.74 Å². The topological polar surface area (TPSA) is 74.8 Å². The maximum absolute atomic E-state index is 14.1. The molecule has 0 bridgehead atoms. The zero-order chi connectivity index (χ0) is 25.5. The van der Waals surface area contributed by atoms with Crippen LogP contribution in [0.4, 0.5) is 0 Å². The van der Waals surface area contributed by atoms with Crippen LogP contribution in [0.1, 0.15) is 11.3 Å². The number of ether oxygens (including phenoxy) is 1. The van der Waals surface area contributed by atoms with Crippen molar-refractivity contribution in [3.63, 3.8) is 0 Å². The zero-order valence-electron chi connectivity index (χ0n) is 20.5. The Morgan fingerprint density at radius 2 is 1.43 bits per heavy atom. The Morgan fingerprint density at radius 1 is 0.784 bits per heavy atom. The van der Waals surface area contributed by atoms with Crippen LogP contribution < -0.4 is 10.3 Å². The molecular formula is C29H23N5O2S. The van der Waals surface area contributed by atoms with Crippen LogP contribution in [0.5, 0.6) is 11.8 Å². The van der Waals surface area contributed by atoms with Gasteiger partial charge in [-0.25, -0.2) is 14.2 Å². The number of thioether (sulfide) groups is 1. The summed E-state index contributed by atoms with van der Waals surface area (Å²) in [5.41, 5.74) is 4.16. The fraction of sp³-hybridized carbons (Fsp3) is 0.103. The van der Waals surface area contributed by atoms with Crippen molar-refractivity contribution in [2.24, 2.45) is 0 Å². The smallest absolute Gasteiger partial charge is 0.310 e. The molecule has 0 aliphatic carbocycles. The average molecular weight is 506 g/mol. The lowest BCUT2D eigenvalue weighted by molar-refractivity contribution is 0.427. The number of benzene rings is 3. The van der Waals surface area contributed by atoms with Crippen molar-refractivity contribution in [1.29, 1.82) is 0 Å². The SMILES string of the molecule is CSc1nn(-c2ccccc2)c2nc(C)c3c(=O)n(-c4ccccc4)c(Oc4ccc(C)cc4)nc3c12. The fourth-order valence-corrected chi connectivity index (χ4v) is 4.96. The highest BCUT2D eigenvalue weighted by Crippen LogP contribution is 2.34. The minimum atomic E-state index is -0.246. The minimum absolute atomic E-state index is 0.180. The summed E-state index contributed by atoms with van der Waals surface area (Å²) in [4.78, 5) is 23.9. The van der Waals surface area contributed by atoms with Gasteiger partial charge in [0.05, 0.1) is 33.4 Å². The number of pyridine rings is 1. The molecule has 0 spiro atoms. The molecular weight excluding hydrogens is 482 g/mol. The number of aryl methyl sites for hydroxylation is 2. The molecule has 37 heavy (non-hydrogen) atoms. The molecule has 6 rings (SSSR count). The molecule has 0 aliphatic heterocycles. The number of nitrogens with zero attached hydrogens (tertiary/aromatic N) is 5. The van der Waals surface area contributed by atoms with E-state index in [2.05, 4.69) is 0 Å². The molecule has 0 aliphatic rings. The van der Waals surface area contributed by atoms with E-state index in [1.807, 2.05) is 105 Å². The molecule has 3 aromatic heterocycles. The van der Waals surface area contributed by atoms with E-state index >= 15 is 0 Å². The van der Waals surface area contributed by atoms with Crippen molar-refractivity contribution in [3.8, 4) is 23.1 Å². The summed E-state index contributed by atoms with van der Waals surface area (Å²) in [5, 5.41) is 6.73. The number of hydrogen-bond acceptors (Lipinski definition) is 6. The summed E-state index contributed by atoms with van der Waals surface area (Å²) in [6, 6.07) is 27.1. The van der Waals surface area contributed by atoms with Crippen LogP contribution in [0.3, 0.4) is 0 Å². The van der Waals surface area contributed by atoms with Gasteiger partial charge in [0.2, 0.25) is 0 Å². The molecule has 7 nitrogen and oxygen atoms in total. The largest absolute Gasteiger partial charge is 0.425 e. The fourth-order valence-electron chi connectivity index (χ4n) is 4.40. The third-order valence-corrected chi connectivity index (χ3v) is 6.86. The van der Waals surface area contributed by atoms with Crippen LogP contribution in [0, 0.1) is 13.8 Å². The first-order valence-corrected chi connectivity index (χ1v) is 13.0. The van der Waals surface area contributed by atoms with Gasteiger partial charge >= 0.3 is 6.01 Å². The first-order chi connectivity index (χ1) is 18.0. The van der Waals surface area contributed by atoms with E-state index in [0.29, 0.717) is 33.7 Å². The Morgan fingerprint density at radius 3 is 2.08 bits per heavy atom. The van der Waals surface area contributed by atoms with Gasteiger partial charge in [-0.1, -0.05) is 54.1 Å². The maximum atomic E-state index is 14.1. The Kier molecular flexibility index (Phi) is 5.73. The Bertz CT molecular complexity index is 1810. The molecule has 3 aromatic carbocycles. The van der Waals surface area contributed by atoms with Crippen LogP contribution in [0.2, 0.25) is 0 Å². The molecule has 3 heterocycles. The molecule has 0 fully saturated rings. The summed E-state index contributed by atoms with van der Waals surface area (Å²) in [6.07, 6.45) is 1.96. The Balaban J connectivity index is 1.71. The number of para-hydroxylation sites is 2. The van der Waals surface area contributed by atoms with Gasteiger partial charge in [0.25, 0.3) is 5.56 Å². The van der Waals surface area contributed by atoms with Crippen LogP contribution >= 0.6 is 11.8 Å². The highest BCUT2D eigenvalue weighted by molar-refractivity contribution is 7.98. The summed E-state index contributed by atoms with van der Waals surface area (Å²) in [7, 11) is 0. The van der Waals surface area contributed by atoms with Gasteiger partial charge in [0, 0.05) is 0 Å². The van der Waals surface area contributed by atoms with Crippen LogP contribution in [-0.2, 0) is 0 Å². The Labute approximate surface area is 217 Å². The van der Waals surface area contributed by atoms with Crippen molar-refractivity contribution in [3.05, 3.63) is 107 Å². The first kappa shape index (κ1) is 23.0. The third kappa shape index (κ3) is 3.95. The average Bonchev–Trinajstić information content (AvgIpc) is 3.29. The molecule has 6 aromatic rings. The minimum Gasteiger partial charge on any atom is -0.425 e. The molecule has 8 heteroatoms. The predicted octanol–water partition coefficient (Wildman–Crippen LogP) is 6.25. The van der Waals surface area contributed by atoms with Crippen molar-refractivity contribution in [2.45, 2.75) is 18.9 Å². The van der Waals surface area contributed by atoms with Crippen LogP contribution in [0.25, 0.3) is 33.3 Å². The first-order valence-electron chi connectivity index (χ1n) is 11.8. The summed E-state index contributed by atoms with van der Waals surface area (Å²) < 4.78 is 9.57. The molecule has 0 amide bonds. The van der Waals surface area contributed by atoms with Gasteiger partial charge in [-0.05, 0) is 56.5 Å². The van der Waals surface area contributed by atoms with Gasteiger partial charge in [-0.2, -0.15) is 10.1 Å². The van der Waals surface area contributed by atoms with Gasteiger partial charge in [0.15, 0.2) is 5.65 Å². The lowest BCUT2D eigenvalue weighted by atomic mass is 10.2. The van der Waals surface area contributed by atoms with E-state index in [4.69, 9.17) is 19.8 Å². The highest BCUT2D eigenvalue weighted by Gasteiger charge is 2.24. The van der Waals surface area contributed by atoms with Crippen LogP contribution in [-0.4, -0.2) is 30.6 Å². The predicted molar refractivity (Wildman–Crippen MR) is 148 cm³/mol. The van der Waals surface area contributed by atoms with Gasteiger partial charge in [-0.3, -0.25) is 4.79 Å². The number of aromatic nitrogens is 5.